The topological polar surface area (TPSA) is 83.2 Å². The Balaban J connectivity index is 0.00000405. The van der Waals surface area contributed by atoms with E-state index in [-0.39, 0.29) is 35.4 Å². The number of amides is 1. The predicted molar refractivity (Wildman–Crippen MR) is 152 cm³/mol. The molecule has 0 fully saturated rings. The molecule has 1 amide bonds. The van der Waals surface area contributed by atoms with E-state index in [0.717, 1.165) is 11.6 Å². The lowest BCUT2D eigenvalue weighted by atomic mass is 10.0. The lowest BCUT2D eigenvalue weighted by molar-refractivity contribution is -0.274. The van der Waals surface area contributed by atoms with E-state index < -0.39 is 18.2 Å². The second kappa shape index (κ2) is 12.8. The fourth-order valence-corrected chi connectivity index (χ4v) is 5.10. The first kappa shape index (κ1) is 30.8. The van der Waals surface area contributed by atoms with Gasteiger partial charge >= 0.3 is 12.4 Å². The van der Waals surface area contributed by atoms with Crippen LogP contribution in [0.3, 0.4) is 0 Å². The first-order chi connectivity index (χ1) is 19.6. The molecule has 0 unspecified atom stereocenters. The molecular formula is C29H23Cl2F4N5O2. The number of ether oxygens (including phenoxy) is 1. The number of hydrogen-bond donors (Lipinski definition) is 1. The molecule has 1 aliphatic heterocycles. The molecule has 0 radical (unpaired) electrons. The Morgan fingerprint density at radius 1 is 1.19 bits per heavy atom. The number of fused-ring (bicyclic) bond motifs is 3. The van der Waals surface area contributed by atoms with Crippen LogP contribution in [-0.4, -0.2) is 39.9 Å². The van der Waals surface area contributed by atoms with E-state index >= 15 is 0 Å². The van der Waals surface area contributed by atoms with Crippen molar-refractivity contribution in [2.45, 2.75) is 25.9 Å². The molecule has 218 valence electrons. The van der Waals surface area contributed by atoms with Crippen LogP contribution in [0.25, 0.3) is 17.0 Å². The molecule has 2 aromatic carbocycles. The molecule has 0 spiro atoms. The van der Waals surface area contributed by atoms with E-state index in [0.29, 0.717) is 53.8 Å². The Hall–Kier alpha value is -4.11. The van der Waals surface area contributed by atoms with Crippen LogP contribution in [0.1, 0.15) is 27.9 Å². The van der Waals surface area contributed by atoms with Gasteiger partial charge < -0.3 is 10.1 Å². The maximum absolute atomic E-state index is 13.8. The van der Waals surface area contributed by atoms with E-state index in [2.05, 4.69) is 19.9 Å². The van der Waals surface area contributed by atoms with Gasteiger partial charge in [-0.15, -0.1) is 25.6 Å². The van der Waals surface area contributed by atoms with Crippen LogP contribution in [0, 0.1) is 17.1 Å². The molecule has 0 saturated heterocycles. The van der Waals surface area contributed by atoms with Gasteiger partial charge in [0.2, 0.25) is 0 Å². The van der Waals surface area contributed by atoms with Crippen LogP contribution >= 0.6 is 24.0 Å². The third-order valence-corrected chi connectivity index (χ3v) is 6.80. The molecule has 13 heteroatoms. The minimum Gasteiger partial charge on any atom is -0.406 e. The highest BCUT2D eigenvalue weighted by molar-refractivity contribution is 6.29. The number of benzene rings is 2. The number of carbonyl (C=O) groups excluding carboxylic acids is 1. The molecule has 0 saturated carbocycles. The minimum atomic E-state index is -4.86. The van der Waals surface area contributed by atoms with E-state index in [9.17, 15) is 22.4 Å². The van der Waals surface area contributed by atoms with E-state index in [1.807, 2.05) is 12.1 Å². The zero-order valence-corrected chi connectivity index (χ0v) is 23.4. The van der Waals surface area contributed by atoms with Gasteiger partial charge in [0.05, 0.1) is 17.1 Å². The molecule has 42 heavy (non-hydrogen) atoms. The third kappa shape index (κ3) is 7.20. The van der Waals surface area contributed by atoms with Crippen LogP contribution in [0.2, 0.25) is 5.15 Å². The van der Waals surface area contributed by atoms with Gasteiger partial charge in [-0.3, -0.25) is 9.47 Å². The summed E-state index contributed by atoms with van der Waals surface area (Å²) in [5.74, 6) is -0.894. The standard InChI is InChI=1S/C29H22ClF4N5O2.ClH/c30-27-13-19(5-7-36-27)16-37-28(40)39-25-4-3-22(41-29(32,33)34)14-23(25)24-17-38(9-6-26(24)39)8-1-2-18-10-20(15-35)12-21(31)11-18;/h1-5,7,10-14H,6,8-9,16-17H2,(H,37,40);1H/b2-1+;. The Bertz CT molecular complexity index is 1700. The largest absolute Gasteiger partial charge is 0.573 e. The molecule has 4 aromatic rings. The van der Waals surface area contributed by atoms with Crippen molar-refractivity contribution in [3.8, 4) is 11.8 Å². The lowest BCUT2D eigenvalue weighted by Gasteiger charge is -2.27. The summed E-state index contributed by atoms with van der Waals surface area (Å²) in [4.78, 5) is 19.3. The Kier molecular flexibility index (Phi) is 9.41. The van der Waals surface area contributed by atoms with Crippen LogP contribution in [0.5, 0.6) is 5.75 Å². The number of carbonyl (C=O) groups is 1. The van der Waals surface area contributed by atoms with Crippen molar-refractivity contribution in [2.24, 2.45) is 0 Å². The second-order valence-electron chi connectivity index (χ2n) is 9.41. The SMILES string of the molecule is Cl.N#Cc1cc(F)cc(/C=C/CN2CCc3c(c4cc(OC(F)(F)F)ccc4n3C(=O)NCc3ccnc(Cl)c3)C2)c1. The average Bonchev–Trinajstić information content (AvgIpc) is 3.23. The van der Waals surface area contributed by atoms with Crippen LogP contribution in [0.15, 0.2) is 60.8 Å². The lowest BCUT2D eigenvalue weighted by Crippen LogP contribution is -2.34. The van der Waals surface area contributed by atoms with Crippen molar-refractivity contribution in [1.29, 1.82) is 5.26 Å². The number of halogens is 6. The number of alkyl halides is 3. The van der Waals surface area contributed by atoms with Crippen molar-refractivity contribution in [3.05, 3.63) is 99.7 Å². The van der Waals surface area contributed by atoms with Crippen LogP contribution in [-0.2, 0) is 19.5 Å². The summed E-state index contributed by atoms with van der Waals surface area (Å²) in [5, 5.41) is 12.7. The average molecular weight is 620 g/mol. The van der Waals surface area contributed by atoms with Crippen molar-refractivity contribution >= 4 is 47.0 Å². The summed E-state index contributed by atoms with van der Waals surface area (Å²) in [7, 11) is 0. The Morgan fingerprint density at radius 3 is 2.74 bits per heavy atom. The van der Waals surface area contributed by atoms with Crippen molar-refractivity contribution < 1.29 is 27.1 Å². The van der Waals surface area contributed by atoms with Crippen molar-refractivity contribution in [2.75, 3.05) is 13.1 Å². The Labute approximate surface area is 249 Å². The maximum Gasteiger partial charge on any atom is 0.573 e. The molecule has 2 aromatic heterocycles. The number of rotatable bonds is 6. The molecule has 0 aliphatic carbocycles. The van der Waals surface area contributed by atoms with Crippen LogP contribution < -0.4 is 10.1 Å². The number of nitriles is 1. The number of nitrogens with one attached hydrogen (secondary N) is 1. The molecular weight excluding hydrogens is 597 g/mol. The maximum atomic E-state index is 13.8. The van der Waals surface area contributed by atoms with Crippen molar-refractivity contribution in [1.82, 2.24) is 19.8 Å². The summed E-state index contributed by atoms with van der Waals surface area (Å²) in [5.41, 5.74) is 3.35. The molecule has 0 atom stereocenters. The zero-order valence-electron chi connectivity index (χ0n) is 21.8. The highest BCUT2D eigenvalue weighted by Crippen LogP contribution is 2.35. The second-order valence-corrected chi connectivity index (χ2v) is 9.79. The van der Waals surface area contributed by atoms with Gasteiger partial charge in [0, 0.05) is 49.9 Å². The van der Waals surface area contributed by atoms with Gasteiger partial charge in [-0.2, -0.15) is 5.26 Å². The monoisotopic (exact) mass is 619 g/mol. The number of pyridine rings is 1. The Morgan fingerprint density at radius 2 is 2.00 bits per heavy atom. The van der Waals surface area contributed by atoms with Gasteiger partial charge in [0.15, 0.2) is 0 Å². The molecule has 7 nitrogen and oxygen atoms in total. The molecule has 3 heterocycles. The predicted octanol–water partition coefficient (Wildman–Crippen LogP) is 6.85. The first-order valence-corrected chi connectivity index (χ1v) is 12.9. The fraction of sp³-hybridized carbons (Fsp3) is 0.207. The molecule has 1 aliphatic rings. The summed E-state index contributed by atoms with van der Waals surface area (Å²) in [6, 6.07) is 12.8. The number of aromatic nitrogens is 2. The zero-order chi connectivity index (χ0) is 29.1. The highest BCUT2D eigenvalue weighted by atomic mass is 35.5. The quantitative estimate of drug-likeness (QED) is 0.188. The van der Waals surface area contributed by atoms with E-state index in [4.69, 9.17) is 16.9 Å². The number of hydrogen-bond acceptors (Lipinski definition) is 5. The third-order valence-electron chi connectivity index (χ3n) is 6.59. The first-order valence-electron chi connectivity index (χ1n) is 12.5. The van der Waals surface area contributed by atoms with Gasteiger partial charge in [-0.05, 0) is 65.2 Å². The summed E-state index contributed by atoms with van der Waals surface area (Å²) in [6.07, 6.45) is 0.652. The number of nitrogens with zero attached hydrogens (tertiary/aromatic N) is 4. The summed E-state index contributed by atoms with van der Waals surface area (Å²) >= 11 is 5.94. The normalized spacial score (nSPS) is 13.4. The van der Waals surface area contributed by atoms with E-state index in [1.165, 1.54) is 35.0 Å². The minimum absolute atomic E-state index is 0. The van der Waals surface area contributed by atoms with Gasteiger partial charge in [-0.25, -0.2) is 14.2 Å². The van der Waals surface area contributed by atoms with Crippen LogP contribution in [0.4, 0.5) is 22.4 Å². The van der Waals surface area contributed by atoms with Crippen molar-refractivity contribution in [3.63, 3.8) is 0 Å². The van der Waals surface area contributed by atoms with Gasteiger partial charge in [-0.1, -0.05) is 23.8 Å². The van der Waals surface area contributed by atoms with Gasteiger partial charge in [0.1, 0.15) is 16.7 Å². The molecule has 0 bridgehead atoms. The molecule has 1 N–H and O–H groups in total. The fourth-order valence-electron chi connectivity index (χ4n) is 4.90. The summed E-state index contributed by atoms with van der Waals surface area (Å²) in [6.45, 7) is 1.56. The summed E-state index contributed by atoms with van der Waals surface area (Å²) < 4.78 is 58.3. The van der Waals surface area contributed by atoms with E-state index in [1.54, 1.807) is 24.3 Å². The molecule has 5 rings (SSSR count). The smallest absolute Gasteiger partial charge is 0.406 e. The highest BCUT2D eigenvalue weighted by Gasteiger charge is 2.32. The van der Waals surface area contributed by atoms with Gasteiger partial charge in [0.25, 0.3) is 0 Å².